The molecular formula is C11H18N2O3S. The summed E-state index contributed by atoms with van der Waals surface area (Å²) in [7, 11) is -2.15. The van der Waals surface area contributed by atoms with Crippen molar-refractivity contribution >= 4 is 10.0 Å². The van der Waals surface area contributed by atoms with Gasteiger partial charge in [-0.25, -0.2) is 13.1 Å². The van der Waals surface area contributed by atoms with Gasteiger partial charge in [0.15, 0.2) is 0 Å². The number of nitrogens with one attached hydrogen (secondary N) is 1. The van der Waals surface area contributed by atoms with Crippen molar-refractivity contribution in [1.82, 2.24) is 4.72 Å². The molecular weight excluding hydrogens is 240 g/mol. The lowest BCUT2D eigenvalue weighted by Gasteiger charge is -2.14. The van der Waals surface area contributed by atoms with Crippen LogP contribution < -0.4 is 15.2 Å². The predicted octanol–water partition coefficient (Wildman–Crippen LogP) is 0.629. The highest BCUT2D eigenvalue weighted by Crippen LogP contribution is 2.24. The monoisotopic (exact) mass is 258 g/mol. The average molecular weight is 258 g/mol. The average Bonchev–Trinajstić information content (AvgIpc) is 2.28. The zero-order valence-electron chi connectivity index (χ0n) is 10.2. The van der Waals surface area contributed by atoms with Crippen LogP contribution in [0.4, 0.5) is 0 Å². The van der Waals surface area contributed by atoms with Gasteiger partial charge in [0, 0.05) is 12.6 Å². The van der Waals surface area contributed by atoms with Crippen molar-refractivity contribution in [3.8, 4) is 5.75 Å². The second kappa shape index (κ2) is 5.48. The summed E-state index contributed by atoms with van der Waals surface area (Å²) in [6, 6.07) is 4.69. The second-order valence-corrected chi connectivity index (χ2v) is 5.59. The van der Waals surface area contributed by atoms with E-state index >= 15 is 0 Å². The summed E-state index contributed by atoms with van der Waals surface area (Å²) in [4.78, 5) is 0.139. The minimum absolute atomic E-state index is 0.139. The summed E-state index contributed by atoms with van der Waals surface area (Å²) in [5.74, 6) is 0.326. The summed E-state index contributed by atoms with van der Waals surface area (Å²) in [6.45, 7) is 3.78. The van der Waals surface area contributed by atoms with Gasteiger partial charge in [0.25, 0.3) is 0 Å². The molecule has 0 fully saturated rings. The zero-order chi connectivity index (χ0) is 13.1. The van der Waals surface area contributed by atoms with Gasteiger partial charge in [0.05, 0.1) is 7.11 Å². The molecule has 0 spiro atoms. The Balaban J connectivity index is 3.18. The maximum atomic E-state index is 12.1. The summed E-state index contributed by atoms with van der Waals surface area (Å²) in [5.41, 5.74) is 6.25. The van der Waals surface area contributed by atoms with Crippen LogP contribution in [0.5, 0.6) is 5.75 Å². The molecule has 3 N–H and O–H groups in total. The Morgan fingerprint density at radius 1 is 1.47 bits per heavy atom. The van der Waals surface area contributed by atoms with Gasteiger partial charge in [-0.3, -0.25) is 0 Å². The van der Waals surface area contributed by atoms with Crippen LogP contribution in [0.1, 0.15) is 12.5 Å². The van der Waals surface area contributed by atoms with Crippen molar-refractivity contribution < 1.29 is 13.2 Å². The number of nitrogens with two attached hydrogens (primary N) is 1. The van der Waals surface area contributed by atoms with E-state index < -0.39 is 10.0 Å². The first-order chi connectivity index (χ1) is 7.90. The quantitative estimate of drug-likeness (QED) is 0.811. The third-order valence-corrected chi connectivity index (χ3v) is 3.93. The molecule has 0 heterocycles. The van der Waals surface area contributed by atoms with Crippen LogP contribution in [-0.4, -0.2) is 28.1 Å². The number of methoxy groups -OCH3 is 1. The normalized spacial score (nSPS) is 13.4. The minimum atomic E-state index is -3.59. The third-order valence-electron chi connectivity index (χ3n) is 2.32. The van der Waals surface area contributed by atoms with Crippen LogP contribution in [0.15, 0.2) is 23.1 Å². The van der Waals surface area contributed by atoms with E-state index in [4.69, 9.17) is 10.5 Å². The maximum absolute atomic E-state index is 12.1. The van der Waals surface area contributed by atoms with E-state index in [1.807, 2.05) is 6.92 Å². The van der Waals surface area contributed by atoms with Crippen LogP contribution in [0.3, 0.4) is 0 Å². The van der Waals surface area contributed by atoms with E-state index in [0.717, 1.165) is 5.56 Å². The van der Waals surface area contributed by atoms with Gasteiger partial charge >= 0.3 is 0 Å². The number of benzene rings is 1. The molecule has 17 heavy (non-hydrogen) atoms. The molecule has 1 rings (SSSR count). The number of aryl methyl sites for hydroxylation is 1. The second-order valence-electron chi connectivity index (χ2n) is 3.91. The maximum Gasteiger partial charge on any atom is 0.244 e. The summed E-state index contributed by atoms with van der Waals surface area (Å²) in [6.07, 6.45) is 0. The van der Waals surface area contributed by atoms with Crippen LogP contribution in [0.25, 0.3) is 0 Å². The van der Waals surface area contributed by atoms with Gasteiger partial charge in [0.2, 0.25) is 10.0 Å². The Morgan fingerprint density at radius 3 is 2.65 bits per heavy atom. The number of hydrogen-bond donors (Lipinski definition) is 2. The molecule has 0 bridgehead atoms. The molecule has 0 aromatic heterocycles. The summed E-state index contributed by atoms with van der Waals surface area (Å²) < 4.78 is 31.7. The lowest BCUT2D eigenvalue weighted by atomic mass is 10.2. The number of rotatable bonds is 5. The topological polar surface area (TPSA) is 81.4 Å². The molecule has 0 aliphatic carbocycles. The third kappa shape index (κ3) is 3.42. The summed E-state index contributed by atoms with van der Waals surface area (Å²) >= 11 is 0. The Morgan fingerprint density at radius 2 is 2.12 bits per heavy atom. The molecule has 1 atom stereocenters. The van der Waals surface area contributed by atoms with E-state index in [2.05, 4.69) is 4.72 Å². The van der Waals surface area contributed by atoms with Crippen molar-refractivity contribution in [3.63, 3.8) is 0 Å². The molecule has 6 heteroatoms. The largest absolute Gasteiger partial charge is 0.495 e. The Bertz CT molecular complexity index is 485. The zero-order valence-corrected chi connectivity index (χ0v) is 11.0. The lowest BCUT2D eigenvalue weighted by Crippen LogP contribution is -2.37. The SMILES string of the molecule is COc1ccc(C)cc1S(=O)(=O)NC(C)CN. The predicted molar refractivity (Wildman–Crippen MR) is 66.6 cm³/mol. The Labute approximate surface area is 102 Å². The van der Waals surface area contributed by atoms with Gasteiger partial charge in [0.1, 0.15) is 10.6 Å². The molecule has 0 radical (unpaired) electrons. The highest BCUT2D eigenvalue weighted by Gasteiger charge is 2.21. The molecule has 0 saturated carbocycles. The Hall–Kier alpha value is -1.11. The van der Waals surface area contributed by atoms with Gasteiger partial charge in [-0.15, -0.1) is 0 Å². The highest BCUT2D eigenvalue weighted by atomic mass is 32.2. The Kier molecular flexibility index (Phi) is 4.50. The lowest BCUT2D eigenvalue weighted by molar-refractivity contribution is 0.402. The van der Waals surface area contributed by atoms with E-state index in [1.165, 1.54) is 7.11 Å². The first-order valence-electron chi connectivity index (χ1n) is 5.27. The van der Waals surface area contributed by atoms with Crippen LogP contribution in [0, 0.1) is 6.92 Å². The van der Waals surface area contributed by atoms with Gasteiger partial charge < -0.3 is 10.5 Å². The number of hydrogen-bond acceptors (Lipinski definition) is 4. The molecule has 5 nitrogen and oxygen atoms in total. The molecule has 0 aliphatic rings. The van der Waals surface area contributed by atoms with E-state index in [9.17, 15) is 8.42 Å². The van der Waals surface area contributed by atoms with Crippen molar-refractivity contribution in [1.29, 1.82) is 0 Å². The van der Waals surface area contributed by atoms with E-state index in [1.54, 1.807) is 25.1 Å². The first-order valence-corrected chi connectivity index (χ1v) is 6.76. The molecule has 1 aromatic rings. The molecule has 1 aromatic carbocycles. The van der Waals surface area contributed by atoms with Crippen LogP contribution >= 0.6 is 0 Å². The molecule has 0 saturated heterocycles. The van der Waals surface area contributed by atoms with Gasteiger partial charge in [-0.2, -0.15) is 0 Å². The smallest absolute Gasteiger partial charge is 0.244 e. The van der Waals surface area contributed by atoms with Crippen LogP contribution in [0.2, 0.25) is 0 Å². The first kappa shape index (κ1) is 14.0. The van der Waals surface area contributed by atoms with Crippen LogP contribution in [-0.2, 0) is 10.0 Å². The van der Waals surface area contributed by atoms with Crippen molar-refractivity contribution in [2.45, 2.75) is 24.8 Å². The fraction of sp³-hybridized carbons (Fsp3) is 0.455. The van der Waals surface area contributed by atoms with Gasteiger partial charge in [-0.1, -0.05) is 6.07 Å². The fourth-order valence-corrected chi connectivity index (χ4v) is 2.88. The molecule has 0 amide bonds. The van der Waals surface area contributed by atoms with Crippen molar-refractivity contribution in [2.75, 3.05) is 13.7 Å². The standard InChI is InChI=1S/C11H18N2O3S/c1-8-4-5-10(16-3)11(6-8)17(14,15)13-9(2)7-12/h4-6,9,13H,7,12H2,1-3H3. The fourth-order valence-electron chi connectivity index (χ4n) is 1.37. The molecule has 0 aliphatic heterocycles. The number of sulfonamides is 1. The van der Waals surface area contributed by atoms with Gasteiger partial charge in [-0.05, 0) is 31.5 Å². The van der Waals surface area contributed by atoms with Crippen molar-refractivity contribution in [2.24, 2.45) is 5.73 Å². The highest BCUT2D eigenvalue weighted by molar-refractivity contribution is 7.89. The summed E-state index contributed by atoms with van der Waals surface area (Å²) in [5, 5.41) is 0. The molecule has 96 valence electrons. The number of ether oxygens (including phenoxy) is 1. The van der Waals surface area contributed by atoms with E-state index in [-0.39, 0.29) is 17.5 Å². The molecule has 1 unspecified atom stereocenters. The van der Waals surface area contributed by atoms with E-state index in [0.29, 0.717) is 5.75 Å². The minimum Gasteiger partial charge on any atom is -0.495 e. The van der Waals surface area contributed by atoms with Crippen molar-refractivity contribution in [3.05, 3.63) is 23.8 Å².